The lowest BCUT2D eigenvalue weighted by atomic mass is 9.99. The van der Waals surface area contributed by atoms with Crippen LogP contribution in [0.5, 0.6) is 0 Å². The van der Waals surface area contributed by atoms with Gasteiger partial charge in [-0.3, -0.25) is 0 Å². The average molecular weight is 573 g/mol. The molecule has 0 spiro atoms. The first-order valence-electron chi connectivity index (χ1n) is 20.1. The zero-order chi connectivity index (χ0) is 39.5. The Bertz CT molecular complexity index is 3150. The van der Waals surface area contributed by atoms with Crippen molar-refractivity contribution in [3.05, 3.63) is 170 Å². The van der Waals surface area contributed by atoms with Gasteiger partial charge in [0.2, 0.25) is 0 Å². The molecule has 0 atom stereocenters. The first-order chi connectivity index (χ1) is 26.8. The standard InChI is InChI=1S/C42H28N2/c1-2-12-29(13-3-1)30-14-10-15-31(26-30)32-16-11-17-33(27-32)43-41-23-9-6-20-37(41)38-28-34(24-25-42(38)43)44-39-21-7-4-18-35(39)36-19-5-8-22-40(36)44/h1-28H/i1D,2D,3D,4D,7D,12D,13D,14D,15D,18D,21D,26D. The van der Waals surface area contributed by atoms with E-state index in [1.807, 2.05) is 83.4 Å². The molecule has 206 valence electrons. The summed E-state index contributed by atoms with van der Waals surface area (Å²) in [7, 11) is 0. The number of hydrogen-bond donors (Lipinski definition) is 0. The summed E-state index contributed by atoms with van der Waals surface area (Å²) in [5.74, 6) is 0. The zero-order valence-corrected chi connectivity index (χ0v) is 23.1. The average Bonchev–Trinajstić information content (AvgIpc) is 3.72. The van der Waals surface area contributed by atoms with Crippen LogP contribution >= 0.6 is 0 Å². The number of nitrogens with zero attached hydrogens (tertiary/aromatic N) is 2. The summed E-state index contributed by atoms with van der Waals surface area (Å²) in [6.07, 6.45) is 0. The Kier molecular flexibility index (Phi) is 3.49. The number of fused-ring (bicyclic) bond motifs is 6. The smallest absolute Gasteiger partial charge is 0.0645 e. The second-order valence-corrected chi connectivity index (χ2v) is 10.5. The van der Waals surface area contributed by atoms with E-state index in [1.54, 1.807) is 12.1 Å². The van der Waals surface area contributed by atoms with Crippen molar-refractivity contribution in [1.29, 1.82) is 0 Å². The summed E-state index contributed by atoms with van der Waals surface area (Å²) in [4.78, 5) is 0. The molecular formula is C42H28N2. The molecule has 0 saturated carbocycles. The Morgan fingerprint density at radius 1 is 0.364 bits per heavy atom. The molecule has 9 rings (SSSR count). The Morgan fingerprint density at radius 2 is 1.00 bits per heavy atom. The van der Waals surface area contributed by atoms with Gasteiger partial charge in [0.05, 0.1) is 38.5 Å². The van der Waals surface area contributed by atoms with Crippen molar-refractivity contribution < 1.29 is 16.4 Å². The van der Waals surface area contributed by atoms with Crippen LogP contribution in [0.15, 0.2) is 170 Å². The van der Waals surface area contributed by atoms with E-state index in [1.165, 1.54) is 6.07 Å². The predicted molar refractivity (Wildman–Crippen MR) is 186 cm³/mol. The van der Waals surface area contributed by atoms with Crippen LogP contribution < -0.4 is 0 Å². The van der Waals surface area contributed by atoms with E-state index in [0.717, 1.165) is 27.3 Å². The Labute approximate surface area is 272 Å². The van der Waals surface area contributed by atoms with Crippen molar-refractivity contribution in [3.63, 3.8) is 0 Å². The number of benzene rings is 7. The summed E-state index contributed by atoms with van der Waals surface area (Å²) in [6.45, 7) is 0. The molecule has 2 heterocycles. The number of para-hydroxylation sites is 3. The Hall–Kier alpha value is -5.86. The normalized spacial score (nSPS) is 15.5. The van der Waals surface area contributed by atoms with Crippen LogP contribution in [-0.2, 0) is 0 Å². The van der Waals surface area contributed by atoms with Gasteiger partial charge in [0.1, 0.15) is 0 Å². The molecule has 0 bridgehead atoms. The predicted octanol–water partition coefficient (Wildman–Crippen LogP) is 11.2. The maximum absolute atomic E-state index is 9.23. The third-order valence-corrected chi connectivity index (χ3v) is 8.05. The fourth-order valence-electron chi connectivity index (χ4n) is 6.16. The first kappa shape index (κ1) is 15.6. The molecule has 0 fully saturated rings. The van der Waals surface area contributed by atoms with Crippen molar-refractivity contribution in [2.45, 2.75) is 0 Å². The van der Waals surface area contributed by atoms with Gasteiger partial charge in [-0.2, -0.15) is 0 Å². The highest BCUT2D eigenvalue weighted by Crippen LogP contribution is 2.37. The highest BCUT2D eigenvalue weighted by Gasteiger charge is 2.16. The molecule has 0 aliphatic rings. The zero-order valence-electron chi connectivity index (χ0n) is 35.1. The molecule has 2 nitrogen and oxygen atoms in total. The van der Waals surface area contributed by atoms with Crippen LogP contribution in [0.2, 0.25) is 0 Å². The van der Waals surface area contributed by atoms with E-state index >= 15 is 0 Å². The van der Waals surface area contributed by atoms with Crippen molar-refractivity contribution in [2.24, 2.45) is 0 Å². The van der Waals surface area contributed by atoms with Crippen molar-refractivity contribution in [1.82, 2.24) is 9.13 Å². The SMILES string of the molecule is [2H]c1cc([2H])c(-c2c([2H])c([2H])c([2H])c([2H])c2[2H])c([2H])c1-c1cccc(-n2c3ccccc3c3cc(-n4c5ccccc5c5c([2H])c([2H])c([2H])c([2H])c54)ccc32)c1. The summed E-state index contributed by atoms with van der Waals surface area (Å²) >= 11 is 0. The van der Waals surface area contributed by atoms with E-state index in [-0.39, 0.29) is 59.0 Å². The molecule has 9 aromatic rings. The van der Waals surface area contributed by atoms with Gasteiger partial charge in [0.15, 0.2) is 0 Å². The summed E-state index contributed by atoms with van der Waals surface area (Å²) in [5, 5.41) is 2.95. The van der Waals surface area contributed by atoms with E-state index in [4.69, 9.17) is 15.1 Å². The van der Waals surface area contributed by atoms with Gasteiger partial charge >= 0.3 is 0 Å². The first-order valence-corrected chi connectivity index (χ1v) is 14.1. The molecule has 2 aromatic heterocycles. The summed E-state index contributed by atoms with van der Waals surface area (Å²) in [6, 6.07) is 25.4. The van der Waals surface area contributed by atoms with Crippen molar-refractivity contribution >= 4 is 43.6 Å². The van der Waals surface area contributed by atoms with Crippen LogP contribution in [0.1, 0.15) is 16.4 Å². The van der Waals surface area contributed by atoms with Crippen molar-refractivity contribution in [2.75, 3.05) is 0 Å². The second-order valence-electron chi connectivity index (χ2n) is 10.5. The third-order valence-electron chi connectivity index (χ3n) is 8.05. The van der Waals surface area contributed by atoms with Gasteiger partial charge < -0.3 is 9.13 Å². The van der Waals surface area contributed by atoms with Crippen LogP contribution in [0.25, 0.3) is 77.2 Å². The van der Waals surface area contributed by atoms with Gasteiger partial charge in [0.25, 0.3) is 0 Å². The lowest BCUT2D eigenvalue weighted by Crippen LogP contribution is -1.96. The van der Waals surface area contributed by atoms with Crippen LogP contribution in [0.4, 0.5) is 0 Å². The fraction of sp³-hybridized carbons (Fsp3) is 0. The number of hydrogen-bond acceptors (Lipinski definition) is 0. The van der Waals surface area contributed by atoms with E-state index in [0.29, 0.717) is 33.2 Å². The highest BCUT2D eigenvalue weighted by molar-refractivity contribution is 6.12. The molecular weight excluding hydrogens is 532 g/mol. The molecule has 0 amide bonds. The topological polar surface area (TPSA) is 9.86 Å². The van der Waals surface area contributed by atoms with Gasteiger partial charge in [-0.15, -0.1) is 0 Å². The van der Waals surface area contributed by atoms with Gasteiger partial charge in [0, 0.05) is 32.9 Å². The minimum absolute atomic E-state index is 0.0991. The number of rotatable bonds is 4. The Balaban J connectivity index is 1.26. The van der Waals surface area contributed by atoms with E-state index < -0.39 is 30.2 Å². The number of aromatic nitrogens is 2. The maximum atomic E-state index is 9.23. The molecule has 0 N–H and O–H groups in total. The maximum Gasteiger partial charge on any atom is 0.0645 e. The lowest BCUT2D eigenvalue weighted by Gasteiger charge is -2.12. The third kappa shape index (κ3) is 3.82. The molecule has 7 aromatic carbocycles. The van der Waals surface area contributed by atoms with Gasteiger partial charge in [-0.1, -0.05) is 115 Å². The van der Waals surface area contributed by atoms with Gasteiger partial charge in [-0.25, -0.2) is 0 Å². The molecule has 0 saturated heterocycles. The molecule has 0 radical (unpaired) electrons. The lowest BCUT2D eigenvalue weighted by molar-refractivity contribution is 1.17. The molecule has 0 unspecified atom stereocenters. The Morgan fingerprint density at radius 3 is 1.82 bits per heavy atom. The van der Waals surface area contributed by atoms with Crippen LogP contribution in [0.3, 0.4) is 0 Å². The van der Waals surface area contributed by atoms with Crippen LogP contribution in [0, 0.1) is 0 Å². The molecule has 0 aliphatic carbocycles. The minimum atomic E-state index is -0.576. The monoisotopic (exact) mass is 572 g/mol. The highest BCUT2D eigenvalue weighted by atomic mass is 15.0. The summed E-state index contributed by atoms with van der Waals surface area (Å²) < 4.78 is 107. The summed E-state index contributed by atoms with van der Waals surface area (Å²) in [5.41, 5.74) is 4.41. The molecule has 0 aliphatic heterocycles. The molecule has 2 heteroatoms. The minimum Gasteiger partial charge on any atom is -0.309 e. The van der Waals surface area contributed by atoms with Gasteiger partial charge in [-0.05, 0) is 76.8 Å². The molecule has 44 heavy (non-hydrogen) atoms. The second kappa shape index (κ2) is 9.86. The fourth-order valence-corrected chi connectivity index (χ4v) is 6.16. The largest absolute Gasteiger partial charge is 0.309 e. The quantitative estimate of drug-likeness (QED) is 0.198. The van der Waals surface area contributed by atoms with E-state index in [9.17, 15) is 1.37 Å². The van der Waals surface area contributed by atoms with E-state index in [2.05, 4.69) is 4.57 Å². The van der Waals surface area contributed by atoms with Crippen molar-refractivity contribution in [3.8, 4) is 33.6 Å². The van der Waals surface area contributed by atoms with Crippen LogP contribution in [-0.4, -0.2) is 9.13 Å².